The molecule has 0 saturated heterocycles. The minimum atomic E-state index is -1.54. The van der Waals surface area contributed by atoms with Crippen LogP contribution < -0.4 is 0 Å². The Morgan fingerprint density at radius 3 is 2.16 bits per heavy atom. The van der Waals surface area contributed by atoms with Gasteiger partial charge in [0.25, 0.3) is 0 Å². The van der Waals surface area contributed by atoms with Crippen molar-refractivity contribution < 1.29 is 14.0 Å². The van der Waals surface area contributed by atoms with Gasteiger partial charge >= 0.3 is 5.97 Å². The Bertz CT molecular complexity index is 382. The monoisotopic (exact) mass is 368 g/mol. The summed E-state index contributed by atoms with van der Waals surface area (Å²) in [7, 11) is -1.54. The number of carbonyl (C=O) groups is 1. The Labute approximate surface area is 156 Å². The predicted octanol–water partition coefficient (Wildman–Crippen LogP) is 6.39. The second-order valence-corrected chi connectivity index (χ2v) is 12.2. The number of hydrogen-bond donors (Lipinski definition) is 0. The van der Waals surface area contributed by atoms with Crippen molar-refractivity contribution in [3.8, 4) is 0 Å². The van der Waals surface area contributed by atoms with Crippen LogP contribution in [0.5, 0.6) is 0 Å². The van der Waals surface area contributed by atoms with Crippen LogP contribution in [0.4, 0.5) is 0 Å². The largest absolute Gasteiger partial charge is 0.463 e. The fraction of sp³-hybridized carbons (Fsp3) is 0.857. The first-order valence-corrected chi connectivity index (χ1v) is 13.1. The minimum Gasteiger partial charge on any atom is -0.463 e. The van der Waals surface area contributed by atoms with Gasteiger partial charge in [-0.15, -0.1) is 0 Å². The second-order valence-electron chi connectivity index (χ2n) is 7.48. The fourth-order valence-electron chi connectivity index (χ4n) is 3.79. The fourth-order valence-corrected chi connectivity index (χ4v) is 6.63. The summed E-state index contributed by atoms with van der Waals surface area (Å²) in [6.07, 6.45) is 15.2. The molecule has 4 heteroatoms. The lowest BCUT2D eigenvalue weighted by Crippen LogP contribution is -2.39. The summed E-state index contributed by atoms with van der Waals surface area (Å²) in [4.78, 5) is 11.3. The summed E-state index contributed by atoms with van der Waals surface area (Å²) < 4.78 is 12.2. The maximum atomic E-state index is 11.3. The van der Waals surface area contributed by atoms with Crippen molar-refractivity contribution in [2.45, 2.75) is 116 Å². The van der Waals surface area contributed by atoms with E-state index in [1.54, 1.807) is 0 Å². The van der Waals surface area contributed by atoms with Crippen LogP contribution in [0.1, 0.15) is 85.5 Å². The van der Waals surface area contributed by atoms with Crippen LogP contribution in [0, 0.1) is 0 Å². The van der Waals surface area contributed by atoms with Crippen molar-refractivity contribution in [1.29, 1.82) is 0 Å². The van der Waals surface area contributed by atoms with Gasteiger partial charge in [-0.1, -0.05) is 45.8 Å². The minimum absolute atomic E-state index is 0.120. The van der Waals surface area contributed by atoms with Gasteiger partial charge in [0.05, 0.1) is 6.10 Å². The standard InChI is InChI=1S/C21H40O3Si/c1-5-25(6-2,7-3)24-21-17-12-9-8-11-15-20(23-19(4)22)16-13-10-14-18-21/h12,17,20-21H,5-11,13-16,18H2,1-4H3. The first-order chi connectivity index (χ1) is 12.0. The van der Waals surface area contributed by atoms with Gasteiger partial charge in [-0.3, -0.25) is 4.79 Å². The maximum Gasteiger partial charge on any atom is 0.302 e. The average molecular weight is 369 g/mol. The highest BCUT2D eigenvalue weighted by molar-refractivity contribution is 6.73. The second kappa shape index (κ2) is 12.7. The van der Waals surface area contributed by atoms with E-state index in [9.17, 15) is 4.79 Å². The van der Waals surface area contributed by atoms with E-state index < -0.39 is 8.32 Å². The molecule has 2 atom stereocenters. The number of hydrogen-bond acceptors (Lipinski definition) is 3. The van der Waals surface area contributed by atoms with Crippen LogP contribution in [-0.2, 0) is 14.0 Å². The van der Waals surface area contributed by atoms with E-state index in [4.69, 9.17) is 9.16 Å². The van der Waals surface area contributed by atoms with Crippen LogP contribution >= 0.6 is 0 Å². The highest BCUT2D eigenvalue weighted by Gasteiger charge is 2.31. The van der Waals surface area contributed by atoms with Crippen LogP contribution in [0.25, 0.3) is 0 Å². The van der Waals surface area contributed by atoms with Crippen molar-refractivity contribution in [2.75, 3.05) is 0 Å². The van der Waals surface area contributed by atoms with Crippen molar-refractivity contribution >= 4 is 14.3 Å². The Morgan fingerprint density at radius 2 is 1.56 bits per heavy atom. The van der Waals surface area contributed by atoms with Crippen LogP contribution in [-0.4, -0.2) is 26.5 Å². The zero-order valence-electron chi connectivity index (χ0n) is 17.0. The normalized spacial score (nSPS) is 24.0. The van der Waals surface area contributed by atoms with Crippen LogP contribution in [0.3, 0.4) is 0 Å². The summed E-state index contributed by atoms with van der Waals surface area (Å²) in [5.41, 5.74) is 0. The van der Waals surface area contributed by atoms with E-state index in [2.05, 4.69) is 32.9 Å². The third-order valence-corrected chi connectivity index (χ3v) is 10.3. The molecule has 0 amide bonds. The maximum absolute atomic E-state index is 11.3. The third-order valence-electron chi connectivity index (χ3n) is 5.68. The lowest BCUT2D eigenvalue weighted by atomic mass is 10.0. The van der Waals surface area contributed by atoms with E-state index in [-0.39, 0.29) is 12.1 Å². The molecule has 0 spiro atoms. The molecule has 0 aromatic heterocycles. The third kappa shape index (κ3) is 9.05. The van der Waals surface area contributed by atoms with E-state index in [0.717, 1.165) is 38.5 Å². The number of esters is 1. The molecule has 0 aromatic carbocycles. The van der Waals surface area contributed by atoms with Gasteiger partial charge in [-0.2, -0.15) is 0 Å². The van der Waals surface area contributed by atoms with E-state index >= 15 is 0 Å². The van der Waals surface area contributed by atoms with Gasteiger partial charge in [-0.05, 0) is 63.1 Å². The molecule has 1 aliphatic rings. The summed E-state index contributed by atoms with van der Waals surface area (Å²) in [5, 5.41) is 0. The average Bonchev–Trinajstić information content (AvgIpc) is 2.62. The number of ether oxygens (including phenoxy) is 1. The molecule has 0 radical (unpaired) electrons. The van der Waals surface area contributed by atoms with E-state index in [0.29, 0.717) is 6.10 Å². The van der Waals surface area contributed by atoms with Crippen molar-refractivity contribution in [3.63, 3.8) is 0 Å². The van der Waals surface area contributed by atoms with E-state index in [1.807, 2.05) is 0 Å². The predicted molar refractivity (Wildman–Crippen MR) is 108 cm³/mol. The molecule has 1 rings (SSSR count). The Morgan fingerprint density at radius 1 is 0.960 bits per heavy atom. The molecule has 2 unspecified atom stereocenters. The first kappa shape index (κ1) is 22.4. The number of carbonyl (C=O) groups excluding carboxylic acids is 1. The summed E-state index contributed by atoms with van der Waals surface area (Å²) in [6.45, 7) is 8.43. The zero-order chi connectivity index (χ0) is 18.5. The Hall–Kier alpha value is -0.613. The highest BCUT2D eigenvalue weighted by Crippen LogP contribution is 2.26. The Balaban J connectivity index is 2.60. The number of allylic oxidation sites excluding steroid dienone is 1. The quantitative estimate of drug-likeness (QED) is 0.309. The van der Waals surface area contributed by atoms with Gasteiger partial charge in [-0.25, -0.2) is 0 Å². The molecule has 0 N–H and O–H groups in total. The molecule has 3 nitrogen and oxygen atoms in total. The SMILES string of the molecule is CC[Si](CC)(CC)OC1C=CCCCCC(OC(C)=O)CCCCC1. The van der Waals surface area contributed by atoms with E-state index in [1.165, 1.54) is 44.3 Å². The molecular formula is C21H40O3Si. The molecule has 0 aromatic rings. The van der Waals surface area contributed by atoms with Gasteiger partial charge in [0.1, 0.15) is 6.10 Å². The van der Waals surface area contributed by atoms with Crippen molar-refractivity contribution in [1.82, 2.24) is 0 Å². The van der Waals surface area contributed by atoms with Crippen molar-refractivity contribution in [2.24, 2.45) is 0 Å². The van der Waals surface area contributed by atoms with Gasteiger partial charge in [0.15, 0.2) is 8.32 Å². The lowest BCUT2D eigenvalue weighted by Gasteiger charge is -2.32. The Kier molecular flexibility index (Phi) is 11.4. The topological polar surface area (TPSA) is 35.5 Å². The lowest BCUT2D eigenvalue weighted by molar-refractivity contribution is -0.147. The first-order valence-electron chi connectivity index (χ1n) is 10.6. The summed E-state index contributed by atoms with van der Waals surface area (Å²) >= 11 is 0. The molecular weight excluding hydrogens is 328 g/mol. The molecule has 0 saturated carbocycles. The molecule has 146 valence electrons. The van der Waals surface area contributed by atoms with Gasteiger partial charge in [0.2, 0.25) is 0 Å². The highest BCUT2D eigenvalue weighted by atomic mass is 28.4. The smallest absolute Gasteiger partial charge is 0.302 e. The number of rotatable bonds is 6. The molecule has 25 heavy (non-hydrogen) atoms. The summed E-state index contributed by atoms with van der Waals surface area (Å²) in [6, 6.07) is 3.65. The molecule has 0 heterocycles. The molecule has 1 aliphatic carbocycles. The van der Waals surface area contributed by atoms with Crippen LogP contribution in [0.15, 0.2) is 12.2 Å². The van der Waals surface area contributed by atoms with Gasteiger partial charge < -0.3 is 9.16 Å². The van der Waals surface area contributed by atoms with Gasteiger partial charge in [0, 0.05) is 6.92 Å². The molecule has 0 bridgehead atoms. The zero-order valence-corrected chi connectivity index (χ0v) is 18.0. The molecule has 0 fully saturated rings. The van der Waals surface area contributed by atoms with Crippen molar-refractivity contribution in [3.05, 3.63) is 12.2 Å². The molecule has 0 aliphatic heterocycles. The summed E-state index contributed by atoms with van der Waals surface area (Å²) in [5.74, 6) is -0.136. The van der Waals surface area contributed by atoms with Crippen LogP contribution in [0.2, 0.25) is 18.1 Å².